The Morgan fingerprint density at radius 1 is 1.31 bits per heavy atom. The molecule has 3 rings (SSSR count). The third kappa shape index (κ3) is 5.19. The van der Waals surface area contributed by atoms with Crippen molar-refractivity contribution in [2.75, 3.05) is 13.2 Å². The minimum atomic E-state index is -0.392. The van der Waals surface area contributed by atoms with Crippen LogP contribution < -0.4 is 0 Å². The average Bonchev–Trinajstić information content (AvgIpc) is 3.06. The van der Waals surface area contributed by atoms with Gasteiger partial charge < -0.3 is 14.4 Å². The fourth-order valence-corrected chi connectivity index (χ4v) is 3.99. The van der Waals surface area contributed by atoms with E-state index in [0.717, 1.165) is 29.3 Å². The zero-order chi connectivity index (χ0) is 20.8. The molecule has 0 N–H and O–H groups in total. The van der Waals surface area contributed by atoms with Crippen LogP contribution in [0.25, 0.3) is 10.9 Å². The molecule has 1 aliphatic rings. The Morgan fingerprint density at radius 2 is 2.10 bits per heavy atom. The molecule has 154 valence electrons. The molecule has 2 atom stereocenters. The van der Waals surface area contributed by atoms with Gasteiger partial charge in [0.05, 0.1) is 24.6 Å². The Labute approximate surface area is 171 Å². The molecule has 6 heteroatoms. The highest BCUT2D eigenvalue weighted by Gasteiger charge is 2.37. The van der Waals surface area contributed by atoms with Gasteiger partial charge >= 0.3 is 5.97 Å². The quantitative estimate of drug-likeness (QED) is 0.602. The standard InChI is InChI=1S/C23H28N2O4/c1-3-29-22(27)14-21(19-13-18-8-4-5-10-20(18)24-15-19)25-12-11-17(23(25)28)9-6-7-16(2)26/h4-5,8,10,13,15,17,21H,3,6-7,9,11-12,14H2,1-2H3/t17?,21-/m0/s1. The molecule has 0 spiro atoms. The van der Waals surface area contributed by atoms with Crippen molar-refractivity contribution in [3.05, 3.63) is 42.1 Å². The summed E-state index contributed by atoms with van der Waals surface area (Å²) >= 11 is 0. The number of benzene rings is 1. The Morgan fingerprint density at radius 3 is 2.86 bits per heavy atom. The van der Waals surface area contributed by atoms with Crippen LogP contribution in [0.15, 0.2) is 36.5 Å². The third-order valence-corrected chi connectivity index (χ3v) is 5.47. The first-order valence-corrected chi connectivity index (χ1v) is 10.3. The van der Waals surface area contributed by atoms with E-state index in [0.29, 0.717) is 26.0 Å². The smallest absolute Gasteiger partial charge is 0.308 e. The van der Waals surface area contributed by atoms with Gasteiger partial charge in [0.1, 0.15) is 5.78 Å². The van der Waals surface area contributed by atoms with E-state index in [1.165, 1.54) is 0 Å². The highest BCUT2D eigenvalue weighted by Crippen LogP contribution is 2.34. The fourth-order valence-electron chi connectivity index (χ4n) is 3.99. The summed E-state index contributed by atoms with van der Waals surface area (Å²) in [7, 11) is 0. The normalized spacial score (nSPS) is 17.5. The van der Waals surface area contributed by atoms with Crippen molar-refractivity contribution in [1.29, 1.82) is 0 Å². The highest BCUT2D eigenvalue weighted by atomic mass is 16.5. The predicted octanol–water partition coefficient (Wildman–Crippen LogP) is 3.84. The molecular formula is C23H28N2O4. The molecule has 1 fully saturated rings. The first-order valence-electron chi connectivity index (χ1n) is 10.3. The summed E-state index contributed by atoms with van der Waals surface area (Å²) in [5.74, 6) is -0.211. The minimum Gasteiger partial charge on any atom is -0.466 e. The molecule has 0 radical (unpaired) electrons. The van der Waals surface area contributed by atoms with Crippen molar-refractivity contribution >= 4 is 28.6 Å². The highest BCUT2D eigenvalue weighted by molar-refractivity contribution is 5.83. The molecule has 0 aliphatic carbocycles. The first kappa shape index (κ1) is 21.0. The number of rotatable bonds is 9. The predicted molar refractivity (Wildman–Crippen MR) is 110 cm³/mol. The molecule has 1 aliphatic heterocycles. The fraction of sp³-hybridized carbons (Fsp3) is 0.478. The molecule has 0 saturated carbocycles. The minimum absolute atomic E-state index is 0.0519. The number of carbonyl (C=O) groups excluding carboxylic acids is 3. The number of esters is 1. The van der Waals surface area contributed by atoms with E-state index in [1.807, 2.05) is 30.3 Å². The van der Waals surface area contributed by atoms with Gasteiger partial charge in [0, 0.05) is 30.5 Å². The number of carbonyl (C=O) groups is 3. The maximum atomic E-state index is 13.1. The number of ether oxygens (including phenoxy) is 1. The van der Waals surface area contributed by atoms with Crippen LogP contribution in [0.4, 0.5) is 0 Å². The molecule has 2 aromatic rings. The van der Waals surface area contributed by atoms with E-state index < -0.39 is 6.04 Å². The number of nitrogens with zero attached hydrogens (tertiary/aromatic N) is 2. The van der Waals surface area contributed by atoms with Crippen molar-refractivity contribution < 1.29 is 19.1 Å². The van der Waals surface area contributed by atoms with Gasteiger partial charge in [-0.05, 0) is 50.8 Å². The Bertz CT molecular complexity index is 895. The maximum absolute atomic E-state index is 13.1. The molecule has 1 unspecified atom stereocenters. The zero-order valence-electron chi connectivity index (χ0n) is 17.1. The number of para-hydroxylation sites is 1. The van der Waals surface area contributed by atoms with E-state index >= 15 is 0 Å². The summed E-state index contributed by atoms with van der Waals surface area (Å²) in [5.41, 5.74) is 1.72. The lowest BCUT2D eigenvalue weighted by molar-refractivity contribution is -0.145. The second kappa shape index (κ2) is 9.63. The van der Waals surface area contributed by atoms with Crippen molar-refractivity contribution in [3.8, 4) is 0 Å². The molecule has 1 aromatic heterocycles. The molecule has 1 amide bonds. The van der Waals surface area contributed by atoms with Crippen molar-refractivity contribution in [3.63, 3.8) is 0 Å². The van der Waals surface area contributed by atoms with E-state index in [2.05, 4.69) is 4.98 Å². The Kier molecular flexibility index (Phi) is 6.96. The van der Waals surface area contributed by atoms with E-state index in [9.17, 15) is 14.4 Å². The average molecular weight is 396 g/mol. The number of ketones is 1. The maximum Gasteiger partial charge on any atom is 0.308 e. The number of Topliss-reactive ketones (excluding diaryl/α,β-unsaturated/α-hetero) is 1. The van der Waals surface area contributed by atoms with Crippen LogP contribution in [0, 0.1) is 5.92 Å². The Balaban J connectivity index is 1.82. The van der Waals surface area contributed by atoms with Gasteiger partial charge in [-0.3, -0.25) is 14.6 Å². The van der Waals surface area contributed by atoms with Crippen LogP contribution in [-0.4, -0.2) is 40.7 Å². The van der Waals surface area contributed by atoms with Gasteiger partial charge in [0.2, 0.25) is 5.91 Å². The van der Waals surface area contributed by atoms with Crippen LogP contribution in [0.3, 0.4) is 0 Å². The second-order valence-electron chi connectivity index (χ2n) is 7.60. The lowest BCUT2D eigenvalue weighted by atomic mass is 9.99. The third-order valence-electron chi connectivity index (χ3n) is 5.47. The topological polar surface area (TPSA) is 76.6 Å². The number of fused-ring (bicyclic) bond motifs is 1. The van der Waals surface area contributed by atoms with Crippen LogP contribution in [0.1, 0.15) is 57.6 Å². The van der Waals surface area contributed by atoms with E-state index in [1.54, 1.807) is 24.9 Å². The summed E-state index contributed by atoms with van der Waals surface area (Å²) in [6.45, 7) is 4.25. The monoisotopic (exact) mass is 396 g/mol. The largest absolute Gasteiger partial charge is 0.466 e. The molecule has 0 bridgehead atoms. The summed E-state index contributed by atoms with van der Waals surface area (Å²) < 4.78 is 5.16. The molecular weight excluding hydrogens is 368 g/mol. The Hall–Kier alpha value is -2.76. The lowest BCUT2D eigenvalue weighted by Crippen LogP contribution is -2.33. The van der Waals surface area contributed by atoms with Gasteiger partial charge in [0.25, 0.3) is 0 Å². The summed E-state index contributed by atoms with van der Waals surface area (Å²) in [4.78, 5) is 42.8. The number of aromatic nitrogens is 1. The lowest BCUT2D eigenvalue weighted by Gasteiger charge is -2.28. The number of hydrogen-bond acceptors (Lipinski definition) is 5. The second-order valence-corrected chi connectivity index (χ2v) is 7.60. The molecule has 6 nitrogen and oxygen atoms in total. The summed E-state index contributed by atoms with van der Waals surface area (Å²) in [5, 5.41) is 0.975. The van der Waals surface area contributed by atoms with Crippen LogP contribution in [0.2, 0.25) is 0 Å². The molecule has 29 heavy (non-hydrogen) atoms. The number of pyridine rings is 1. The van der Waals surface area contributed by atoms with Crippen molar-refractivity contribution in [1.82, 2.24) is 9.88 Å². The number of hydrogen-bond donors (Lipinski definition) is 0. The molecule has 2 heterocycles. The van der Waals surface area contributed by atoms with Crippen molar-refractivity contribution in [2.24, 2.45) is 5.92 Å². The first-order chi connectivity index (χ1) is 14.0. The summed E-state index contributed by atoms with van der Waals surface area (Å²) in [6.07, 6.45) is 4.54. The molecule has 1 saturated heterocycles. The van der Waals surface area contributed by atoms with Crippen LogP contribution in [-0.2, 0) is 19.1 Å². The van der Waals surface area contributed by atoms with Crippen LogP contribution in [0.5, 0.6) is 0 Å². The summed E-state index contributed by atoms with van der Waals surface area (Å²) in [6, 6.07) is 9.40. The number of amides is 1. The SMILES string of the molecule is CCOC(=O)C[C@@H](c1cnc2ccccc2c1)N1CCC(CCCC(C)=O)C1=O. The van der Waals surface area contributed by atoms with Gasteiger partial charge in [-0.1, -0.05) is 18.2 Å². The van der Waals surface area contributed by atoms with Crippen LogP contribution >= 0.6 is 0 Å². The van der Waals surface area contributed by atoms with Gasteiger partial charge in [-0.25, -0.2) is 0 Å². The van der Waals surface area contributed by atoms with Gasteiger partial charge in [-0.15, -0.1) is 0 Å². The van der Waals surface area contributed by atoms with Gasteiger partial charge in [0.15, 0.2) is 0 Å². The van der Waals surface area contributed by atoms with Gasteiger partial charge in [-0.2, -0.15) is 0 Å². The van der Waals surface area contributed by atoms with E-state index in [-0.39, 0.29) is 30.0 Å². The van der Waals surface area contributed by atoms with E-state index in [4.69, 9.17) is 4.74 Å². The zero-order valence-corrected chi connectivity index (χ0v) is 17.1. The number of likely N-dealkylation sites (tertiary alicyclic amines) is 1. The van der Waals surface area contributed by atoms with Crippen molar-refractivity contribution in [2.45, 2.75) is 52.0 Å². The molecule has 1 aromatic carbocycles.